The van der Waals surface area contributed by atoms with Gasteiger partial charge in [0.2, 0.25) is 0 Å². The molecule has 5 atom stereocenters. The van der Waals surface area contributed by atoms with Crippen LogP contribution in [0.2, 0.25) is 16.6 Å². The third kappa shape index (κ3) is 9.79. The van der Waals surface area contributed by atoms with E-state index >= 15 is 0 Å². The van der Waals surface area contributed by atoms with Crippen LogP contribution in [0.3, 0.4) is 0 Å². The predicted octanol–water partition coefficient (Wildman–Crippen LogP) is 0.174. The molecule has 1 saturated heterocycles. The summed E-state index contributed by atoms with van der Waals surface area (Å²) in [5.74, 6) is -1.26. The molecule has 1 aliphatic heterocycles. The molecule has 1 aliphatic rings. The summed E-state index contributed by atoms with van der Waals surface area (Å²) < 4.78 is 55.2. The van der Waals surface area contributed by atoms with Gasteiger partial charge in [-0.3, -0.25) is 0 Å². The molecule has 0 amide bonds. The van der Waals surface area contributed by atoms with Crippen molar-refractivity contribution in [2.75, 3.05) is 13.2 Å². The van der Waals surface area contributed by atoms with Crippen molar-refractivity contribution in [3.63, 3.8) is 0 Å². The zero-order valence-corrected chi connectivity index (χ0v) is 19.4. The van der Waals surface area contributed by atoms with E-state index in [2.05, 4.69) is 4.18 Å². The molecule has 11 nitrogen and oxygen atoms in total. The Kier molecular flexibility index (Phi) is 9.55. The monoisotopic (exact) mass is 508 g/mol. The Bertz CT molecular complexity index is 704. The first-order valence-corrected chi connectivity index (χ1v) is 17.2. The van der Waals surface area contributed by atoms with Gasteiger partial charge in [-0.1, -0.05) is 0 Å². The van der Waals surface area contributed by atoms with Gasteiger partial charge in [0.15, 0.2) is 0 Å². The average Bonchev–Trinajstić information content (AvgIpc) is 2.77. The van der Waals surface area contributed by atoms with Crippen LogP contribution >= 0.6 is 10.4 Å². The average molecular weight is 508 g/mol. The van der Waals surface area contributed by atoms with E-state index in [0.717, 1.165) is 6.92 Å². The normalized spacial score (nSPS) is 26.6. The van der Waals surface area contributed by atoms with Gasteiger partial charge in [0.05, 0.1) is 0 Å². The molecule has 0 aromatic carbocycles. The Balaban J connectivity index is 2.89. The van der Waals surface area contributed by atoms with E-state index in [1.54, 1.807) is 0 Å². The summed E-state index contributed by atoms with van der Waals surface area (Å²) in [6, 6.07) is 0. The molecule has 1 fully saturated rings. The molecule has 164 valence electrons. The van der Waals surface area contributed by atoms with Gasteiger partial charge >= 0.3 is 170 Å². The second-order valence-electron chi connectivity index (χ2n) is 6.65. The van der Waals surface area contributed by atoms with Crippen LogP contribution in [0.25, 0.3) is 0 Å². The predicted molar refractivity (Wildman–Crippen MR) is 99.1 cm³/mol. The van der Waals surface area contributed by atoms with Crippen molar-refractivity contribution in [1.29, 1.82) is 0 Å². The van der Waals surface area contributed by atoms with Crippen molar-refractivity contribution in [2.45, 2.75) is 61.2 Å². The van der Waals surface area contributed by atoms with Crippen molar-refractivity contribution in [3.05, 3.63) is 0 Å². The van der Waals surface area contributed by atoms with E-state index in [1.807, 2.05) is 11.4 Å². The van der Waals surface area contributed by atoms with Gasteiger partial charge in [0, 0.05) is 0 Å². The topological polar surface area (TPSA) is 155 Å². The SMILES string of the molecule is CC(=O)O[C@H]1[C@H](OC[C@H](O)COS(=O)(=O)O)O[C@H](C[As](C)(C)=S)[C@H]1OC(C)=O. The molecule has 0 aromatic rings. The Morgan fingerprint density at radius 2 is 1.68 bits per heavy atom. The zero-order chi connectivity index (χ0) is 21.7. The number of rotatable bonds is 10. The van der Waals surface area contributed by atoms with E-state index < -0.39 is 78.1 Å². The molecule has 0 unspecified atom stereocenters. The number of esters is 2. The minimum atomic E-state index is -4.71. The maximum atomic E-state index is 11.5. The maximum absolute atomic E-state index is 11.5. The standard InChI is InChI=1S/C14H25AsO11S2/c1-8(16)24-12-11(5-15(3,4)27)26-14(13(12)25-9(2)17)22-6-10(18)7-23-28(19,20)21/h10-14,18H,5-7H2,1-4H3,(H,19,20,21)/t10-,11+,12+,13+,14+/m0/s1. The number of hydrogen-bond donors (Lipinski definition) is 2. The van der Waals surface area contributed by atoms with E-state index in [-0.39, 0.29) is 0 Å². The second-order valence-corrected chi connectivity index (χ2v) is 20.2. The van der Waals surface area contributed by atoms with Gasteiger partial charge in [-0.05, 0) is 0 Å². The molecule has 0 saturated carbocycles. The molecular weight excluding hydrogens is 483 g/mol. The van der Waals surface area contributed by atoms with Crippen LogP contribution in [-0.2, 0) is 43.1 Å². The molecule has 28 heavy (non-hydrogen) atoms. The van der Waals surface area contributed by atoms with Crippen LogP contribution in [0, 0.1) is 0 Å². The van der Waals surface area contributed by atoms with E-state index in [4.69, 9.17) is 33.9 Å². The molecule has 0 spiro atoms. The first kappa shape index (κ1) is 25.5. The molecule has 14 heteroatoms. The fourth-order valence-corrected chi connectivity index (χ4v) is 6.00. The Labute approximate surface area is 169 Å². The molecule has 1 rings (SSSR count). The van der Waals surface area contributed by atoms with Crippen LogP contribution < -0.4 is 0 Å². The quantitative estimate of drug-likeness (QED) is 0.235. The van der Waals surface area contributed by atoms with Gasteiger partial charge in [0.25, 0.3) is 0 Å². The second kappa shape index (κ2) is 10.5. The van der Waals surface area contributed by atoms with Crippen molar-refractivity contribution >= 4 is 44.6 Å². The van der Waals surface area contributed by atoms with Gasteiger partial charge < -0.3 is 0 Å². The van der Waals surface area contributed by atoms with Gasteiger partial charge in [-0.25, -0.2) is 0 Å². The first-order chi connectivity index (χ1) is 12.7. The summed E-state index contributed by atoms with van der Waals surface area (Å²) >= 11 is -2.43. The summed E-state index contributed by atoms with van der Waals surface area (Å²) in [6.07, 6.45) is -5.32. The summed E-state index contributed by atoms with van der Waals surface area (Å²) in [5, 5.41) is 10.2. The van der Waals surface area contributed by atoms with E-state index in [0.29, 0.717) is 5.21 Å². The minimum absolute atomic E-state index is 0.442. The van der Waals surface area contributed by atoms with Gasteiger partial charge in [-0.2, -0.15) is 0 Å². The fourth-order valence-electron chi connectivity index (χ4n) is 2.48. The Morgan fingerprint density at radius 1 is 1.14 bits per heavy atom. The summed E-state index contributed by atoms with van der Waals surface area (Å²) in [4.78, 5) is 23.0. The molecule has 0 aliphatic carbocycles. The summed E-state index contributed by atoms with van der Waals surface area (Å²) in [5.41, 5.74) is 3.88. The van der Waals surface area contributed by atoms with Crippen molar-refractivity contribution in [3.8, 4) is 0 Å². The molecule has 1 heterocycles. The number of aliphatic hydroxyl groups is 1. The van der Waals surface area contributed by atoms with E-state index in [9.17, 15) is 23.1 Å². The molecule has 0 aromatic heterocycles. The summed E-state index contributed by atoms with van der Waals surface area (Å²) in [6.45, 7) is 1.15. The third-order valence-electron chi connectivity index (χ3n) is 3.35. The first-order valence-electron chi connectivity index (χ1n) is 8.13. The third-order valence-corrected chi connectivity index (χ3v) is 7.16. The van der Waals surface area contributed by atoms with Crippen LogP contribution in [-0.4, -0.2) is 85.8 Å². The van der Waals surface area contributed by atoms with Crippen molar-refractivity contribution < 1.29 is 50.8 Å². The van der Waals surface area contributed by atoms with Crippen LogP contribution in [0.15, 0.2) is 0 Å². The number of carbonyl (C=O) groups is 2. The Morgan fingerprint density at radius 3 is 2.14 bits per heavy atom. The molecular formula is C14H25AsO11S2. The molecule has 0 radical (unpaired) electrons. The summed E-state index contributed by atoms with van der Waals surface area (Å²) in [7, 11) is 0.780. The van der Waals surface area contributed by atoms with E-state index in [1.165, 1.54) is 6.92 Å². The molecule has 0 bridgehead atoms. The van der Waals surface area contributed by atoms with Crippen LogP contribution in [0.5, 0.6) is 0 Å². The Hall–Kier alpha value is -0.532. The van der Waals surface area contributed by atoms with Gasteiger partial charge in [-0.15, -0.1) is 0 Å². The zero-order valence-electron chi connectivity index (χ0n) is 15.8. The number of aliphatic hydroxyl groups excluding tert-OH is 1. The van der Waals surface area contributed by atoms with Crippen LogP contribution in [0.4, 0.5) is 0 Å². The van der Waals surface area contributed by atoms with Crippen LogP contribution in [0.1, 0.15) is 13.8 Å². The molecule has 2 N–H and O–H groups in total. The number of hydrogen-bond acceptors (Lipinski definition) is 11. The van der Waals surface area contributed by atoms with Crippen molar-refractivity contribution in [2.24, 2.45) is 0 Å². The van der Waals surface area contributed by atoms with Gasteiger partial charge in [0.1, 0.15) is 0 Å². The number of carbonyl (C=O) groups excluding carboxylic acids is 2. The van der Waals surface area contributed by atoms with Crippen molar-refractivity contribution in [1.82, 2.24) is 0 Å². The number of ether oxygens (including phenoxy) is 4. The fraction of sp³-hybridized carbons (Fsp3) is 0.857.